The summed E-state index contributed by atoms with van der Waals surface area (Å²) < 4.78 is 0.0623. The van der Waals surface area contributed by atoms with Crippen molar-refractivity contribution in [3.63, 3.8) is 0 Å². The minimum Gasteiger partial charge on any atom is -0.373 e. The summed E-state index contributed by atoms with van der Waals surface area (Å²) in [7, 11) is 0. The van der Waals surface area contributed by atoms with Crippen molar-refractivity contribution in [2.75, 3.05) is 6.54 Å². The van der Waals surface area contributed by atoms with Gasteiger partial charge in [0.05, 0.1) is 0 Å². The number of rotatable bonds is 7. The molecule has 0 saturated carbocycles. The van der Waals surface area contributed by atoms with E-state index >= 15 is 0 Å². The summed E-state index contributed by atoms with van der Waals surface area (Å²) >= 11 is 1.70. The lowest BCUT2D eigenvalue weighted by Crippen LogP contribution is -2.42. The van der Waals surface area contributed by atoms with Crippen LogP contribution in [-0.2, 0) is 4.79 Å². The van der Waals surface area contributed by atoms with Crippen molar-refractivity contribution in [2.24, 2.45) is 5.73 Å². The first-order chi connectivity index (χ1) is 7.76. The summed E-state index contributed by atoms with van der Waals surface area (Å²) in [5.74, 6) is -0.198. The Morgan fingerprint density at radius 3 is 2.41 bits per heavy atom. The van der Waals surface area contributed by atoms with Crippen LogP contribution in [0.5, 0.6) is 0 Å². The van der Waals surface area contributed by atoms with Crippen molar-refractivity contribution >= 4 is 17.7 Å². The molecule has 0 bridgehead atoms. The van der Waals surface area contributed by atoms with Crippen molar-refractivity contribution in [3.8, 4) is 0 Å². The number of thioether (sulfide) groups is 1. The van der Waals surface area contributed by atoms with Crippen LogP contribution in [0.4, 0.5) is 0 Å². The highest BCUT2D eigenvalue weighted by Gasteiger charge is 2.25. The van der Waals surface area contributed by atoms with E-state index in [9.17, 15) is 9.90 Å². The Hall–Kier alpha value is -0.260. The average molecular weight is 262 g/mol. The molecular formula is C12H26N2O2S. The normalized spacial score (nSPS) is 15.4. The summed E-state index contributed by atoms with van der Waals surface area (Å²) in [6.07, 6.45) is 2.00. The number of nitrogens with two attached hydrogens (primary N) is 1. The predicted octanol–water partition coefficient (Wildman–Crippen LogP) is 1.47. The van der Waals surface area contributed by atoms with Crippen LogP contribution in [0.2, 0.25) is 0 Å². The topological polar surface area (TPSA) is 75.3 Å². The summed E-state index contributed by atoms with van der Waals surface area (Å²) in [6.45, 7) is 8.40. The molecule has 0 spiro atoms. The van der Waals surface area contributed by atoms with E-state index in [0.717, 1.165) is 19.3 Å². The third kappa shape index (κ3) is 9.44. The molecule has 0 aromatic carbocycles. The van der Waals surface area contributed by atoms with Gasteiger partial charge in [0.15, 0.2) is 0 Å². The number of aliphatic hydroxyl groups excluding tert-OH is 1. The van der Waals surface area contributed by atoms with Crippen LogP contribution in [-0.4, -0.2) is 33.8 Å². The van der Waals surface area contributed by atoms with E-state index < -0.39 is 6.23 Å². The van der Waals surface area contributed by atoms with Crippen molar-refractivity contribution in [2.45, 2.75) is 63.2 Å². The molecule has 0 saturated heterocycles. The maximum atomic E-state index is 11.0. The van der Waals surface area contributed by atoms with Gasteiger partial charge in [-0.25, -0.2) is 0 Å². The Morgan fingerprint density at radius 2 is 2.00 bits per heavy atom. The zero-order chi connectivity index (χ0) is 13.5. The molecule has 102 valence electrons. The van der Waals surface area contributed by atoms with Crippen molar-refractivity contribution in [1.82, 2.24) is 5.32 Å². The second-order valence-electron chi connectivity index (χ2n) is 5.20. The molecule has 2 atom stereocenters. The monoisotopic (exact) mass is 262 g/mol. The molecule has 0 rings (SSSR count). The number of nitrogens with one attached hydrogen (secondary N) is 1. The highest BCUT2D eigenvalue weighted by Crippen LogP contribution is 2.32. The molecule has 0 aromatic rings. The minimum atomic E-state index is -0.783. The van der Waals surface area contributed by atoms with E-state index in [1.807, 2.05) is 0 Å². The minimum absolute atomic E-state index is 0.0189. The fraction of sp³-hybridized carbons (Fsp3) is 0.917. The molecule has 1 unspecified atom stereocenters. The molecule has 0 aliphatic rings. The first-order valence-electron chi connectivity index (χ1n) is 6.09. The van der Waals surface area contributed by atoms with Crippen molar-refractivity contribution < 1.29 is 9.90 Å². The number of amides is 1. The van der Waals surface area contributed by atoms with Gasteiger partial charge < -0.3 is 16.2 Å². The molecule has 0 aliphatic heterocycles. The van der Waals surface area contributed by atoms with Gasteiger partial charge in [-0.15, -0.1) is 11.8 Å². The fourth-order valence-corrected chi connectivity index (χ4v) is 2.92. The summed E-state index contributed by atoms with van der Waals surface area (Å²) in [6, 6.07) is 0. The quantitative estimate of drug-likeness (QED) is 0.480. The zero-order valence-electron chi connectivity index (χ0n) is 11.3. The van der Waals surface area contributed by atoms with Crippen LogP contribution in [0.25, 0.3) is 0 Å². The van der Waals surface area contributed by atoms with Gasteiger partial charge in [-0.2, -0.15) is 0 Å². The smallest absolute Gasteiger partial charge is 0.218 e. The van der Waals surface area contributed by atoms with Crippen LogP contribution in [0, 0.1) is 0 Å². The van der Waals surface area contributed by atoms with Gasteiger partial charge in [-0.3, -0.25) is 4.79 Å². The van der Waals surface area contributed by atoms with E-state index in [0.29, 0.717) is 6.54 Å². The Balaban J connectivity index is 4.32. The van der Waals surface area contributed by atoms with Gasteiger partial charge >= 0.3 is 0 Å². The van der Waals surface area contributed by atoms with E-state index in [-0.39, 0.29) is 15.9 Å². The van der Waals surface area contributed by atoms with Gasteiger partial charge in [0.2, 0.25) is 5.91 Å². The lowest BCUT2D eigenvalue weighted by molar-refractivity contribution is -0.121. The first kappa shape index (κ1) is 16.7. The summed E-state index contributed by atoms with van der Waals surface area (Å²) in [4.78, 5) is 11.0. The Morgan fingerprint density at radius 1 is 1.41 bits per heavy atom. The fourth-order valence-electron chi connectivity index (χ4n) is 1.53. The largest absolute Gasteiger partial charge is 0.373 e. The molecule has 0 fully saturated rings. The van der Waals surface area contributed by atoms with Crippen molar-refractivity contribution in [1.29, 1.82) is 0 Å². The standard InChI is InChI=1S/C12H26N2O2S/c1-9(15)14-11(16)10(7-5-6-8-13)17-12(2,3)4/h10-11,16H,5-8,13H2,1-4H3,(H,14,15)/t10-,11?/m1/s1. The van der Waals surface area contributed by atoms with Crippen LogP contribution in [0.15, 0.2) is 0 Å². The molecule has 0 radical (unpaired) electrons. The zero-order valence-corrected chi connectivity index (χ0v) is 12.1. The van der Waals surface area contributed by atoms with Crippen molar-refractivity contribution in [3.05, 3.63) is 0 Å². The summed E-state index contributed by atoms with van der Waals surface area (Å²) in [5, 5.41) is 12.5. The van der Waals surface area contributed by atoms with E-state index in [4.69, 9.17) is 5.73 Å². The maximum Gasteiger partial charge on any atom is 0.218 e. The highest BCUT2D eigenvalue weighted by atomic mass is 32.2. The number of unbranched alkanes of at least 4 members (excludes halogenated alkanes) is 1. The number of carbonyl (C=O) groups excluding carboxylic acids is 1. The molecule has 17 heavy (non-hydrogen) atoms. The van der Waals surface area contributed by atoms with Gasteiger partial charge in [0, 0.05) is 16.9 Å². The van der Waals surface area contributed by atoms with E-state index in [1.165, 1.54) is 6.92 Å². The van der Waals surface area contributed by atoms with Crippen LogP contribution in [0.3, 0.4) is 0 Å². The highest BCUT2D eigenvalue weighted by molar-refractivity contribution is 8.01. The SMILES string of the molecule is CC(=O)NC(O)[C@@H](CCCCN)SC(C)(C)C. The van der Waals surface area contributed by atoms with Gasteiger partial charge in [0.25, 0.3) is 0 Å². The van der Waals surface area contributed by atoms with E-state index in [1.54, 1.807) is 11.8 Å². The second-order valence-corrected chi connectivity index (χ2v) is 7.26. The van der Waals surface area contributed by atoms with Gasteiger partial charge in [-0.05, 0) is 19.4 Å². The molecule has 4 nitrogen and oxygen atoms in total. The second kappa shape index (κ2) is 7.95. The molecule has 0 heterocycles. The van der Waals surface area contributed by atoms with Gasteiger partial charge in [0.1, 0.15) is 6.23 Å². The maximum absolute atomic E-state index is 11.0. The number of carbonyl (C=O) groups is 1. The van der Waals surface area contributed by atoms with Crippen LogP contribution < -0.4 is 11.1 Å². The third-order valence-electron chi connectivity index (χ3n) is 2.15. The first-order valence-corrected chi connectivity index (χ1v) is 6.97. The Kier molecular flexibility index (Phi) is 7.83. The molecule has 4 N–H and O–H groups in total. The van der Waals surface area contributed by atoms with Crippen LogP contribution >= 0.6 is 11.8 Å². The lowest BCUT2D eigenvalue weighted by Gasteiger charge is -2.29. The molecule has 5 heteroatoms. The van der Waals surface area contributed by atoms with Crippen LogP contribution in [0.1, 0.15) is 47.0 Å². The van der Waals surface area contributed by atoms with Gasteiger partial charge in [-0.1, -0.05) is 27.2 Å². The molecule has 1 amide bonds. The Bertz CT molecular complexity index is 229. The molecule has 0 aliphatic carbocycles. The number of hydrogen-bond donors (Lipinski definition) is 3. The third-order valence-corrected chi connectivity index (χ3v) is 3.65. The number of hydrogen-bond acceptors (Lipinski definition) is 4. The Labute approximate surface area is 109 Å². The predicted molar refractivity (Wildman–Crippen MR) is 73.9 cm³/mol. The van der Waals surface area contributed by atoms with E-state index in [2.05, 4.69) is 26.1 Å². The summed E-state index contributed by atoms with van der Waals surface area (Å²) in [5.41, 5.74) is 5.46. The molecule has 0 aromatic heterocycles. The number of aliphatic hydroxyl groups is 1. The molecular weight excluding hydrogens is 236 g/mol. The average Bonchev–Trinajstić information content (AvgIpc) is 2.13. The lowest BCUT2D eigenvalue weighted by atomic mass is 10.1.